The van der Waals surface area contributed by atoms with Crippen molar-refractivity contribution in [2.45, 2.75) is 33.2 Å². The number of nitrogens with zero attached hydrogens (tertiary/aromatic N) is 1. The molecular formula is C17H22N2O4. The van der Waals surface area contributed by atoms with Gasteiger partial charge in [0, 0.05) is 30.8 Å². The molecule has 2 aliphatic heterocycles. The zero-order valence-corrected chi connectivity index (χ0v) is 13.7. The Morgan fingerprint density at radius 1 is 1.26 bits per heavy atom. The molecule has 0 saturated carbocycles. The van der Waals surface area contributed by atoms with Crippen molar-refractivity contribution < 1.29 is 19.1 Å². The molecular weight excluding hydrogens is 296 g/mol. The Kier molecular flexibility index (Phi) is 4.15. The van der Waals surface area contributed by atoms with Gasteiger partial charge < -0.3 is 19.7 Å². The number of fused-ring (bicyclic) bond motifs is 1. The first-order chi connectivity index (χ1) is 11.0. The van der Waals surface area contributed by atoms with E-state index < -0.39 is 0 Å². The van der Waals surface area contributed by atoms with Gasteiger partial charge in [0.05, 0.1) is 5.92 Å². The van der Waals surface area contributed by atoms with Crippen LogP contribution in [0.5, 0.6) is 11.5 Å². The van der Waals surface area contributed by atoms with Gasteiger partial charge in [-0.1, -0.05) is 13.8 Å². The van der Waals surface area contributed by atoms with Crippen LogP contribution in [0.15, 0.2) is 18.2 Å². The molecule has 23 heavy (non-hydrogen) atoms. The van der Waals surface area contributed by atoms with E-state index in [1.807, 2.05) is 13.0 Å². The number of nitrogens with one attached hydrogen (secondary N) is 1. The largest absolute Gasteiger partial charge is 0.454 e. The SMILES string of the molecule is CC(C)[C@H](C)NC(=O)[C@@H]1CC(=O)N(c2ccc3c(c2)OCO3)C1. The Balaban J connectivity index is 1.69. The number of amides is 2. The van der Waals surface area contributed by atoms with Crippen LogP contribution in [0.2, 0.25) is 0 Å². The first kappa shape index (κ1) is 15.6. The van der Waals surface area contributed by atoms with Crippen molar-refractivity contribution in [1.82, 2.24) is 5.32 Å². The molecule has 1 aromatic rings. The van der Waals surface area contributed by atoms with Gasteiger partial charge in [0.15, 0.2) is 11.5 Å². The monoisotopic (exact) mass is 318 g/mol. The zero-order chi connectivity index (χ0) is 16.6. The standard InChI is InChI=1S/C17H22N2O4/c1-10(2)11(3)18-17(21)12-6-16(20)19(8-12)13-4-5-14-15(7-13)23-9-22-14/h4-5,7,10-12H,6,8-9H2,1-3H3,(H,18,21)/t11-,12+/m0/s1. The van der Waals surface area contributed by atoms with E-state index >= 15 is 0 Å². The highest BCUT2D eigenvalue weighted by molar-refractivity contribution is 6.00. The molecule has 0 radical (unpaired) electrons. The lowest BCUT2D eigenvalue weighted by atomic mass is 10.0. The van der Waals surface area contributed by atoms with Crippen LogP contribution in [-0.4, -0.2) is 31.2 Å². The third-order valence-electron chi connectivity index (χ3n) is 4.53. The van der Waals surface area contributed by atoms with Crippen molar-refractivity contribution in [3.63, 3.8) is 0 Å². The predicted molar refractivity (Wildman–Crippen MR) is 85.5 cm³/mol. The van der Waals surface area contributed by atoms with E-state index in [1.165, 1.54) is 0 Å². The van der Waals surface area contributed by atoms with Crippen LogP contribution in [0.25, 0.3) is 0 Å². The van der Waals surface area contributed by atoms with Crippen LogP contribution in [0.1, 0.15) is 27.2 Å². The first-order valence-electron chi connectivity index (χ1n) is 7.96. The lowest BCUT2D eigenvalue weighted by molar-refractivity contribution is -0.127. The molecule has 2 atom stereocenters. The lowest BCUT2D eigenvalue weighted by Gasteiger charge is -2.20. The Bertz CT molecular complexity index is 629. The van der Waals surface area contributed by atoms with Gasteiger partial charge in [-0.2, -0.15) is 0 Å². The van der Waals surface area contributed by atoms with Gasteiger partial charge in [0.2, 0.25) is 18.6 Å². The average molecular weight is 318 g/mol. The highest BCUT2D eigenvalue weighted by Crippen LogP contribution is 2.37. The molecule has 1 N–H and O–H groups in total. The molecule has 0 unspecified atom stereocenters. The van der Waals surface area contributed by atoms with E-state index in [9.17, 15) is 9.59 Å². The number of anilines is 1. The minimum Gasteiger partial charge on any atom is -0.454 e. The summed E-state index contributed by atoms with van der Waals surface area (Å²) in [5.41, 5.74) is 0.742. The molecule has 2 heterocycles. The molecule has 0 bridgehead atoms. The summed E-state index contributed by atoms with van der Waals surface area (Å²) in [4.78, 5) is 26.3. The number of carbonyl (C=O) groups excluding carboxylic acids is 2. The van der Waals surface area contributed by atoms with Crippen LogP contribution in [-0.2, 0) is 9.59 Å². The second kappa shape index (κ2) is 6.10. The van der Waals surface area contributed by atoms with Gasteiger partial charge in [0.25, 0.3) is 0 Å². The van der Waals surface area contributed by atoms with Crippen LogP contribution in [0.4, 0.5) is 5.69 Å². The molecule has 1 fully saturated rings. The van der Waals surface area contributed by atoms with Crippen LogP contribution in [0.3, 0.4) is 0 Å². The maximum Gasteiger partial charge on any atom is 0.231 e. The number of rotatable bonds is 4. The predicted octanol–water partition coefficient (Wildman–Crippen LogP) is 1.93. The number of hydrogen-bond acceptors (Lipinski definition) is 4. The van der Waals surface area contributed by atoms with Crippen molar-refractivity contribution in [3.05, 3.63) is 18.2 Å². The maximum absolute atomic E-state index is 12.3. The third-order valence-corrected chi connectivity index (χ3v) is 4.53. The number of hydrogen-bond donors (Lipinski definition) is 1. The summed E-state index contributed by atoms with van der Waals surface area (Å²) < 4.78 is 10.6. The van der Waals surface area contributed by atoms with Crippen molar-refractivity contribution in [2.24, 2.45) is 11.8 Å². The molecule has 3 rings (SSSR count). The van der Waals surface area contributed by atoms with E-state index in [0.717, 1.165) is 5.69 Å². The van der Waals surface area contributed by atoms with Crippen molar-refractivity contribution >= 4 is 17.5 Å². The Morgan fingerprint density at radius 3 is 2.74 bits per heavy atom. The molecule has 2 amide bonds. The van der Waals surface area contributed by atoms with Gasteiger partial charge in [-0.05, 0) is 25.0 Å². The van der Waals surface area contributed by atoms with Crippen LogP contribution in [0, 0.1) is 11.8 Å². The number of ether oxygens (including phenoxy) is 2. The Labute approximate surface area is 135 Å². The first-order valence-corrected chi connectivity index (χ1v) is 7.96. The minimum absolute atomic E-state index is 0.0405. The number of benzene rings is 1. The normalized spacial score (nSPS) is 21.0. The summed E-state index contributed by atoms with van der Waals surface area (Å²) in [6.45, 7) is 6.70. The van der Waals surface area contributed by atoms with E-state index in [-0.39, 0.29) is 37.0 Å². The molecule has 0 aromatic heterocycles. The fourth-order valence-corrected chi connectivity index (χ4v) is 2.69. The summed E-state index contributed by atoms with van der Waals surface area (Å²) >= 11 is 0. The van der Waals surface area contributed by atoms with Gasteiger partial charge >= 0.3 is 0 Å². The molecule has 1 saturated heterocycles. The second-order valence-corrected chi connectivity index (χ2v) is 6.48. The van der Waals surface area contributed by atoms with Crippen LogP contribution >= 0.6 is 0 Å². The lowest BCUT2D eigenvalue weighted by Crippen LogP contribution is -2.40. The van der Waals surface area contributed by atoms with Gasteiger partial charge in [-0.15, -0.1) is 0 Å². The molecule has 6 heteroatoms. The van der Waals surface area contributed by atoms with Gasteiger partial charge in [-0.3, -0.25) is 9.59 Å². The summed E-state index contributed by atoms with van der Waals surface area (Å²) in [6.07, 6.45) is 0.241. The average Bonchev–Trinajstić information content (AvgIpc) is 3.12. The molecule has 0 spiro atoms. The summed E-state index contributed by atoms with van der Waals surface area (Å²) in [6, 6.07) is 5.50. The van der Waals surface area contributed by atoms with E-state index in [2.05, 4.69) is 19.2 Å². The van der Waals surface area contributed by atoms with Crippen LogP contribution < -0.4 is 19.7 Å². The van der Waals surface area contributed by atoms with E-state index in [4.69, 9.17) is 9.47 Å². The fourth-order valence-electron chi connectivity index (χ4n) is 2.69. The second-order valence-electron chi connectivity index (χ2n) is 6.48. The topological polar surface area (TPSA) is 67.9 Å². The van der Waals surface area contributed by atoms with E-state index in [0.29, 0.717) is 24.0 Å². The quantitative estimate of drug-likeness (QED) is 0.921. The summed E-state index contributed by atoms with van der Waals surface area (Å²) in [5, 5.41) is 2.99. The highest BCUT2D eigenvalue weighted by atomic mass is 16.7. The highest BCUT2D eigenvalue weighted by Gasteiger charge is 2.36. The Morgan fingerprint density at radius 2 is 2.00 bits per heavy atom. The Hall–Kier alpha value is -2.24. The molecule has 0 aliphatic carbocycles. The van der Waals surface area contributed by atoms with Gasteiger partial charge in [-0.25, -0.2) is 0 Å². The summed E-state index contributed by atoms with van der Waals surface area (Å²) in [7, 11) is 0. The fraction of sp³-hybridized carbons (Fsp3) is 0.529. The molecule has 2 aliphatic rings. The molecule has 1 aromatic carbocycles. The smallest absolute Gasteiger partial charge is 0.231 e. The van der Waals surface area contributed by atoms with E-state index in [1.54, 1.807) is 17.0 Å². The summed E-state index contributed by atoms with van der Waals surface area (Å²) in [5.74, 6) is 1.27. The van der Waals surface area contributed by atoms with Crippen molar-refractivity contribution in [3.8, 4) is 11.5 Å². The molecule has 124 valence electrons. The van der Waals surface area contributed by atoms with Crippen molar-refractivity contribution in [1.29, 1.82) is 0 Å². The number of carbonyl (C=O) groups is 2. The van der Waals surface area contributed by atoms with Gasteiger partial charge in [0.1, 0.15) is 0 Å². The third kappa shape index (κ3) is 3.11. The minimum atomic E-state index is -0.311. The maximum atomic E-state index is 12.3. The zero-order valence-electron chi connectivity index (χ0n) is 13.7. The molecule has 6 nitrogen and oxygen atoms in total. The van der Waals surface area contributed by atoms with Crippen molar-refractivity contribution in [2.75, 3.05) is 18.2 Å².